The highest BCUT2D eigenvalue weighted by molar-refractivity contribution is 6.10. The molecule has 0 spiro atoms. The summed E-state index contributed by atoms with van der Waals surface area (Å²) < 4.78 is 44.9. The lowest BCUT2D eigenvalue weighted by Crippen LogP contribution is -2.30. The van der Waals surface area contributed by atoms with Crippen LogP contribution in [-0.2, 0) is 5.41 Å². The molecule has 6 aromatic carbocycles. The normalized spacial score (nSPS) is 15.5. The zero-order valence-corrected chi connectivity index (χ0v) is 22.9. The summed E-state index contributed by atoms with van der Waals surface area (Å²) in [5.74, 6) is 0. The molecule has 2 nitrogen and oxygen atoms in total. The summed E-state index contributed by atoms with van der Waals surface area (Å²) in [6.45, 7) is 4.37. The topological polar surface area (TPSA) is 8.17 Å². The SMILES string of the molecule is [2H]c1c([2H])c([2H])c(N2c3ccccc3C(C)(C)c3cc(-c4ccc5c(c4)c4ccccc4n5-c4ccccc4)ccc32)c([2H])c1[2H]. The Balaban J connectivity index is 1.35. The Bertz CT molecular complexity index is 2330. The molecule has 1 aliphatic rings. The first-order valence-electron chi connectivity index (χ1n) is 16.4. The fraction of sp³-hybridized carbons (Fsp3) is 0.0769. The van der Waals surface area contributed by atoms with Gasteiger partial charge < -0.3 is 9.47 Å². The lowest BCUT2D eigenvalue weighted by atomic mass is 9.73. The van der Waals surface area contributed by atoms with E-state index in [1.165, 1.54) is 10.8 Å². The Labute approximate surface area is 247 Å². The van der Waals surface area contributed by atoms with Gasteiger partial charge in [0.25, 0.3) is 0 Å². The van der Waals surface area contributed by atoms with Crippen LogP contribution in [0.15, 0.2) is 145 Å². The van der Waals surface area contributed by atoms with Gasteiger partial charge in [-0.2, -0.15) is 0 Å². The van der Waals surface area contributed by atoms with Gasteiger partial charge in [-0.15, -0.1) is 0 Å². The molecule has 0 unspecified atom stereocenters. The van der Waals surface area contributed by atoms with Crippen molar-refractivity contribution < 1.29 is 6.85 Å². The Kier molecular flexibility index (Phi) is 4.17. The average molecular weight is 532 g/mol. The molecule has 1 aromatic heterocycles. The summed E-state index contributed by atoms with van der Waals surface area (Å²) >= 11 is 0. The van der Waals surface area contributed by atoms with E-state index in [1.54, 1.807) is 0 Å². The fourth-order valence-corrected chi connectivity index (χ4v) is 6.49. The summed E-state index contributed by atoms with van der Waals surface area (Å²) in [7, 11) is 0. The molecule has 0 aliphatic carbocycles. The van der Waals surface area contributed by atoms with Gasteiger partial charge >= 0.3 is 0 Å². The number of hydrogen-bond acceptors (Lipinski definition) is 1. The molecule has 0 N–H and O–H groups in total. The number of hydrogen-bond donors (Lipinski definition) is 0. The van der Waals surface area contributed by atoms with Gasteiger partial charge in [-0.05, 0) is 82.9 Å². The molecule has 1 aliphatic heterocycles. The first-order valence-corrected chi connectivity index (χ1v) is 13.9. The predicted molar refractivity (Wildman–Crippen MR) is 173 cm³/mol. The van der Waals surface area contributed by atoms with Gasteiger partial charge in [0.2, 0.25) is 0 Å². The van der Waals surface area contributed by atoms with Crippen molar-refractivity contribution in [3.8, 4) is 16.8 Å². The van der Waals surface area contributed by atoms with Crippen molar-refractivity contribution in [3.63, 3.8) is 0 Å². The largest absolute Gasteiger partial charge is 0.310 e. The lowest BCUT2D eigenvalue weighted by Gasteiger charge is -2.42. The van der Waals surface area contributed by atoms with Crippen molar-refractivity contribution in [2.45, 2.75) is 19.3 Å². The molecule has 0 amide bonds. The minimum Gasteiger partial charge on any atom is -0.310 e. The highest BCUT2D eigenvalue weighted by Crippen LogP contribution is 2.52. The van der Waals surface area contributed by atoms with E-state index in [2.05, 4.69) is 103 Å². The maximum atomic E-state index is 8.82. The van der Waals surface area contributed by atoms with Crippen LogP contribution in [0.3, 0.4) is 0 Å². The minimum absolute atomic E-state index is 0.151. The Morgan fingerprint density at radius 3 is 2.05 bits per heavy atom. The fourth-order valence-electron chi connectivity index (χ4n) is 6.49. The number of rotatable bonds is 3. The molecule has 0 bridgehead atoms. The minimum atomic E-state index is -0.417. The van der Waals surface area contributed by atoms with Crippen molar-refractivity contribution in [1.82, 2.24) is 4.57 Å². The maximum absolute atomic E-state index is 8.82. The van der Waals surface area contributed by atoms with Gasteiger partial charge in [-0.25, -0.2) is 0 Å². The summed E-state index contributed by atoms with van der Waals surface area (Å²) in [5.41, 5.74) is 8.90. The van der Waals surface area contributed by atoms with E-state index >= 15 is 0 Å². The summed E-state index contributed by atoms with van der Waals surface area (Å²) in [6, 6.07) is 38.2. The third-order valence-corrected chi connectivity index (χ3v) is 8.46. The average Bonchev–Trinajstić information content (AvgIpc) is 3.42. The number of nitrogens with zero attached hydrogens (tertiary/aromatic N) is 2. The first kappa shape index (κ1) is 19.1. The molecule has 41 heavy (non-hydrogen) atoms. The van der Waals surface area contributed by atoms with Crippen molar-refractivity contribution in [2.24, 2.45) is 0 Å². The molecule has 0 saturated heterocycles. The molecule has 0 radical (unpaired) electrons. The van der Waals surface area contributed by atoms with E-state index < -0.39 is 11.5 Å². The number of fused-ring (bicyclic) bond motifs is 5. The van der Waals surface area contributed by atoms with Crippen LogP contribution in [0.5, 0.6) is 0 Å². The summed E-state index contributed by atoms with van der Waals surface area (Å²) in [5, 5.41) is 2.35. The van der Waals surface area contributed by atoms with E-state index in [0.29, 0.717) is 0 Å². The van der Waals surface area contributed by atoms with Crippen molar-refractivity contribution in [1.29, 1.82) is 0 Å². The molecule has 7 aromatic rings. The van der Waals surface area contributed by atoms with Crippen molar-refractivity contribution in [3.05, 3.63) is 157 Å². The van der Waals surface area contributed by atoms with Gasteiger partial charge in [0.1, 0.15) is 0 Å². The summed E-state index contributed by atoms with van der Waals surface area (Å²) in [6.07, 6.45) is 0. The zero-order chi connectivity index (χ0) is 31.9. The third-order valence-electron chi connectivity index (χ3n) is 8.46. The molecule has 0 saturated carbocycles. The molecule has 2 heteroatoms. The van der Waals surface area contributed by atoms with Gasteiger partial charge in [0.15, 0.2) is 0 Å². The quantitative estimate of drug-likeness (QED) is 0.220. The maximum Gasteiger partial charge on any atom is 0.0645 e. The van der Waals surface area contributed by atoms with Crippen LogP contribution in [0.25, 0.3) is 38.6 Å². The number of benzene rings is 6. The predicted octanol–water partition coefficient (Wildman–Crippen LogP) is 10.6. The molecule has 196 valence electrons. The van der Waals surface area contributed by atoms with Gasteiger partial charge in [0, 0.05) is 27.6 Å². The van der Waals surface area contributed by atoms with E-state index in [9.17, 15) is 0 Å². The van der Waals surface area contributed by atoms with Crippen LogP contribution in [-0.4, -0.2) is 4.57 Å². The molecule has 0 atom stereocenters. The number of aromatic nitrogens is 1. The molecule has 8 rings (SSSR count). The van der Waals surface area contributed by atoms with Crippen LogP contribution < -0.4 is 4.90 Å². The third kappa shape index (κ3) is 3.57. The van der Waals surface area contributed by atoms with Gasteiger partial charge in [-0.1, -0.05) is 98.7 Å². The monoisotopic (exact) mass is 531 g/mol. The second-order valence-corrected chi connectivity index (χ2v) is 11.1. The highest BCUT2D eigenvalue weighted by Gasteiger charge is 2.36. The van der Waals surface area contributed by atoms with Crippen molar-refractivity contribution in [2.75, 3.05) is 4.90 Å². The zero-order valence-electron chi connectivity index (χ0n) is 27.9. The van der Waals surface area contributed by atoms with Crippen LogP contribution in [0.4, 0.5) is 17.1 Å². The molecule has 0 fully saturated rings. The first-order chi connectivity index (χ1) is 22.2. The Morgan fingerprint density at radius 1 is 0.537 bits per heavy atom. The van der Waals surface area contributed by atoms with Crippen molar-refractivity contribution >= 4 is 38.9 Å². The Hall–Kier alpha value is -5.08. The van der Waals surface area contributed by atoms with E-state index in [4.69, 9.17) is 6.85 Å². The smallest absolute Gasteiger partial charge is 0.0645 e. The standard InChI is InChI=1S/C39H30N2/c1-39(2)33-18-10-12-20-37(33)41(30-15-7-4-8-16-30)38-24-22-28(26-34(38)39)27-21-23-36-32(25-27)31-17-9-11-19-35(31)40(36)29-13-5-3-6-14-29/h3-26H,1-2H3/i4D,7D,8D,15D,16D. The van der Waals surface area contributed by atoms with Gasteiger partial charge in [0.05, 0.1) is 29.3 Å². The van der Waals surface area contributed by atoms with E-state index in [1.807, 2.05) is 35.2 Å². The highest BCUT2D eigenvalue weighted by atomic mass is 15.2. The second kappa shape index (κ2) is 8.97. The van der Waals surface area contributed by atoms with Crippen LogP contribution in [0.1, 0.15) is 31.8 Å². The second-order valence-electron chi connectivity index (χ2n) is 11.1. The molecular weight excluding hydrogens is 496 g/mol. The molecular formula is C39H30N2. The molecule has 2 heterocycles. The van der Waals surface area contributed by atoms with Crippen LogP contribution in [0.2, 0.25) is 0 Å². The Morgan fingerprint density at radius 2 is 1.20 bits per heavy atom. The number of anilines is 3. The van der Waals surface area contributed by atoms with E-state index in [-0.39, 0.29) is 29.9 Å². The summed E-state index contributed by atoms with van der Waals surface area (Å²) in [4.78, 5) is 1.84. The van der Waals surface area contributed by atoms with Crippen LogP contribution in [0, 0.1) is 0 Å². The lowest BCUT2D eigenvalue weighted by molar-refractivity contribution is 0.632. The van der Waals surface area contributed by atoms with E-state index in [0.717, 1.165) is 50.3 Å². The van der Waals surface area contributed by atoms with Gasteiger partial charge in [-0.3, -0.25) is 0 Å². The van der Waals surface area contributed by atoms with Crippen LogP contribution >= 0.6 is 0 Å². The number of para-hydroxylation sites is 4.